The summed E-state index contributed by atoms with van der Waals surface area (Å²) in [6.07, 6.45) is 0. The van der Waals surface area contributed by atoms with E-state index in [0.717, 1.165) is 21.2 Å². The second kappa shape index (κ2) is 6.22. The van der Waals surface area contributed by atoms with Gasteiger partial charge in [-0.15, -0.1) is 0 Å². The number of aryl methyl sites for hydroxylation is 4. The second-order valence-corrected chi connectivity index (χ2v) is 8.02. The van der Waals surface area contributed by atoms with E-state index >= 15 is 0 Å². The minimum atomic E-state index is -3.90. The van der Waals surface area contributed by atoms with E-state index < -0.39 is 10.1 Å². The van der Waals surface area contributed by atoms with Gasteiger partial charge in [-0.3, -0.25) is 0 Å². The van der Waals surface area contributed by atoms with Gasteiger partial charge >= 0.3 is 10.1 Å². The average Bonchev–Trinajstić information content (AvgIpc) is 2.39. The first-order valence-corrected chi connectivity index (χ1v) is 9.17. The molecule has 3 nitrogen and oxygen atoms in total. The van der Waals surface area contributed by atoms with Crippen LogP contribution in [0.3, 0.4) is 0 Å². The van der Waals surface area contributed by atoms with Crippen LogP contribution in [0.4, 0.5) is 0 Å². The van der Waals surface area contributed by atoms with Gasteiger partial charge in [0.25, 0.3) is 0 Å². The maximum Gasteiger partial charge on any atom is 0.339 e. The van der Waals surface area contributed by atoms with E-state index in [9.17, 15) is 8.42 Å². The molecular formula is C16H16BrClO3S. The molecular weight excluding hydrogens is 388 g/mol. The highest BCUT2D eigenvalue weighted by Crippen LogP contribution is 2.30. The maximum absolute atomic E-state index is 12.5. The Morgan fingerprint density at radius 1 is 0.909 bits per heavy atom. The Morgan fingerprint density at radius 2 is 1.45 bits per heavy atom. The highest BCUT2D eigenvalue weighted by molar-refractivity contribution is 9.10. The lowest BCUT2D eigenvalue weighted by Crippen LogP contribution is -2.12. The van der Waals surface area contributed by atoms with Crippen LogP contribution in [0.2, 0.25) is 5.02 Å². The van der Waals surface area contributed by atoms with Crippen LogP contribution in [0.1, 0.15) is 22.3 Å². The molecule has 0 aliphatic carbocycles. The van der Waals surface area contributed by atoms with E-state index in [2.05, 4.69) is 15.9 Å². The molecule has 0 unspecified atom stereocenters. The van der Waals surface area contributed by atoms with Gasteiger partial charge in [0.05, 0.1) is 0 Å². The van der Waals surface area contributed by atoms with Crippen LogP contribution in [-0.4, -0.2) is 8.42 Å². The molecule has 0 amide bonds. The molecule has 0 N–H and O–H groups in total. The molecule has 0 saturated carbocycles. The summed E-state index contributed by atoms with van der Waals surface area (Å²) in [6, 6.07) is 6.60. The summed E-state index contributed by atoms with van der Waals surface area (Å²) in [6.45, 7) is 7.26. The minimum Gasteiger partial charge on any atom is -0.379 e. The number of rotatable bonds is 3. The zero-order valence-electron chi connectivity index (χ0n) is 12.7. The smallest absolute Gasteiger partial charge is 0.339 e. The van der Waals surface area contributed by atoms with E-state index in [1.165, 1.54) is 0 Å². The lowest BCUT2D eigenvalue weighted by Gasteiger charge is -2.13. The van der Waals surface area contributed by atoms with Crippen molar-refractivity contribution in [2.45, 2.75) is 32.6 Å². The molecule has 0 aromatic heterocycles. The standard InChI is InChI=1S/C16H16BrClO3S/c1-9-5-10(2)15(8-14(9)17)22(19,20)21-13-6-11(3)16(18)12(4)7-13/h5-8H,1-4H3. The van der Waals surface area contributed by atoms with Crippen molar-refractivity contribution in [2.24, 2.45) is 0 Å². The summed E-state index contributed by atoms with van der Waals surface area (Å²) in [7, 11) is -3.90. The SMILES string of the molecule is Cc1cc(C)c(S(=O)(=O)Oc2cc(C)c(Cl)c(C)c2)cc1Br. The summed E-state index contributed by atoms with van der Waals surface area (Å²) >= 11 is 9.44. The van der Waals surface area contributed by atoms with Crippen LogP contribution in [-0.2, 0) is 10.1 Å². The number of hydrogen-bond acceptors (Lipinski definition) is 3. The van der Waals surface area contributed by atoms with Crippen molar-refractivity contribution in [3.8, 4) is 5.75 Å². The maximum atomic E-state index is 12.5. The van der Waals surface area contributed by atoms with Crippen molar-refractivity contribution < 1.29 is 12.6 Å². The van der Waals surface area contributed by atoms with Gasteiger partial charge in [0.1, 0.15) is 10.6 Å². The first-order chi connectivity index (χ1) is 10.1. The van der Waals surface area contributed by atoms with Crippen LogP contribution in [0, 0.1) is 27.7 Å². The Labute approximate surface area is 144 Å². The van der Waals surface area contributed by atoms with Crippen molar-refractivity contribution in [1.82, 2.24) is 0 Å². The average molecular weight is 404 g/mol. The zero-order valence-corrected chi connectivity index (χ0v) is 15.9. The summed E-state index contributed by atoms with van der Waals surface area (Å²) in [5.74, 6) is 0.260. The van der Waals surface area contributed by atoms with Gasteiger partial charge in [-0.1, -0.05) is 33.6 Å². The first-order valence-electron chi connectivity index (χ1n) is 6.60. The Hall–Kier alpha value is -1.04. The van der Waals surface area contributed by atoms with Gasteiger partial charge in [-0.25, -0.2) is 0 Å². The minimum absolute atomic E-state index is 0.148. The van der Waals surface area contributed by atoms with Crippen molar-refractivity contribution in [3.63, 3.8) is 0 Å². The van der Waals surface area contributed by atoms with Crippen LogP contribution < -0.4 is 4.18 Å². The van der Waals surface area contributed by atoms with Gasteiger partial charge in [0.15, 0.2) is 0 Å². The third kappa shape index (κ3) is 3.47. The fraction of sp³-hybridized carbons (Fsp3) is 0.250. The van der Waals surface area contributed by atoms with E-state index in [0.29, 0.717) is 10.6 Å². The normalized spacial score (nSPS) is 11.5. The van der Waals surface area contributed by atoms with Crippen molar-refractivity contribution in [1.29, 1.82) is 0 Å². The second-order valence-electron chi connectivity index (χ2n) is 5.28. The van der Waals surface area contributed by atoms with Crippen LogP contribution in [0.25, 0.3) is 0 Å². The van der Waals surface area contributed by atoms with E-state index in [4.69, 9.17) is 15.8 Å². The topological polar surface area (TPSA) is 43.4 Å². The fourth-order valence-corrected chi connectivity index (χ4v) is 3.96. The van der Waals surface area contributed by atoms with Crippen LogP contribution in [0.15, 0.2) is 33.6 Å². The van der Waals surface area contributed by atoms with E-state index in [1.807, 2.05) is 20.8 Å². The Kier molecular flexibility index (Phi) is 4.90. The predicted octanol–water partition coefficient (Wildman–Crippen LogP) is 5.10. The van der Waals surface area contributed by atoms with Crippen molar-refractivity contribution in [3.05, 3.63) is 56.0 Å². The quantitative estimate of drug-likeness (QED) is 0.669. The molecule has 2 aromatic carbocycles. The van der Waals surface area contributed by atoms with Gasteiger partial charge in [-0.05, 0) is 68.1 Å². The van der Waals surface area contributed by atoms with Crippen LogP contribution >= 0.6 is 27.5 Å². The van der Waals surface area contributed by atoms with Crippen LogP contribution in [0.5, 0.6) is 5.75 Å². The molecule has 0 aliphatic heterocycles. The molecule has 0 bridgehead atoms. The predicted molar refractivity (Wildman–Crippen MR) is 92.4 cm³/mol. The third-order valence-electron chi connectivity index (χ3n) is 3.34. The lowest BCUT2D eigenvalue weighted by molar-refractivity contribution is 0.485. The molecule has 6 heteroatoms. The zero-order chi connectivity index (χ0) is 16.7. The highest BCUT2D eigenvalue weighted by Gasteiger charge is 2.21. The summed E-state index contributed by atoms with van der Waals surface area (Å²) in [5, 5.41) is 0.610. The van der Waals surface area contributed by atoms with E-state index in [1.54, 1.807) is 31.2 Å². The molecule has 118 valence electrons. The molecule has 0 spiro atoms. The third-order valence-corrected chi connectivity index (χ3v) is 6.18. The Bertz CT molecular complexity index is 822. The van der Waals surface area contributed by atoms with Crippen molar-refractivity contribution >= 4 is 37.6 Å². The molecule has 2 rings (SSSR count). The number of halogens is 2. The lowest BCUT2D eigenvalue weighted by atomic mass is 10.1. The monoisotopic (exact) mass is 402 g/mol. The van der Waals surface area contributed by atoms with Gasteiger partial charge < -0.3 is 4.18 Å². The highest BCUT2D eigenvalue weighted by atomic mass is 79.9. The Balaban J connectivity index is 2.47. The molecule has 22 heavy (non-hydrogen) atoms. The molecule has 2 aromatic rings. The summed E-state index contributed by atoms with van der Waals surface area (Å²) in [4.78, 5) is 0.148. The largest absolute Gasteiger partial charge is 0.379 e. The van der Waals surface area contributed by atoms with E-state index in [-0.39, 0.29) is 10.6 Å². The molecule has 0 saturated heterocycles. The van der Waals surface area contributed by atoms with Gasteiger partial charge in [0.2, 0.25) is 0 Å². The summed E-state index contributed by atoms with van der Waals surface area (Å²) < 4.78 is 31.0. The fourth-order valence-electron chi connectivity index (χ4n) is 2.20. The number of hydrogen-bond donors (Lipinski definition) is 0. The van der Waals surface area contributed by atoms with Crippen molar-refractivity contribution in [2.75, 3.05) is 0 Å². The molecule has 0 radical (unpaired) electrons. The Morgan fingerprint density at radius 3 is 2.00 bits per heavy atom. The molecule has 0 fully saturated rings. The molecule has 0 atom stereocenters. The summed E-state index contributed by atoms with van der Waals surface area (Å²) in [5.41, 5.74) is 3.15. The number of benzene rings is 2. The molecule has 0 heterocycles. The first kappa shape index (κ1) is 17.3. The van der Waals surface area contributed by atoms with Gasteiger partial charge in [0, 0.05) is 9.50 Å². The molecule has 0 aliphatic rings. The van der Waals surface area contributed by atoms with Gasteiger partial charge in [-0.2, -0.15) is 8.42 Å².